The molecular formula is C7H12ClN3O. The van der Waals surface area contributed by atoms with E-state index in [9.17, 15) is 4.79 Å². The zero-order valence-electron chi connectivity index (χ0n) is 6.83. The van der Waals surface area contributed by atoms with Crippen LogP contribution in [0.3, 0.4) is 0 Å². The van der Waals surface area contributed by atoms with Gasteiger partial charge in [0.2, 0.25) is 0 Å². The monoisotopic (exact) mass is 189 g/mol. The van der Waals surface area contributed by atoms with Gasteiger partial charge in [-0.25, -0.2) is 0 Å². The van der Waals surface area contributed by atoms with E-state index >= 15 is 0 Å². The maximum atomic E-state index is 11.0. The number of aromatic nitrogens is 2. The summed E-state index contributed by atoms with van der Waals surface area (Å²) in [5, 5.41) is 6.17. The van der Waals surface area contributed by atoms with Gasteiger partial charge in [0, 0.05) is 37.8 Å². The molecule has 68 valence electrons. The zero-order valence-corrected chi connectivity index (χ0v) is 7.65. The fourth-order valence-electron chi connectivity index (χ4n) is 1.23. The molecule has 1 aromatic rings. The number of aromatic amines is 1. The largest absolute Gasteiger partial charge is 0.315 e. The molecule has 2 N–H and O–H groups in total. The maximum absolute atomic E-state index is 11.0. The molecule has 0 saturated carbocycles. The van der Waals surface area contributed by atoms with Crippen LogP contribution in [0.2, 0.25) is 0 Å². The first kappa shape index (κ1) is 9.35. The van der Waals surface area contributed by atoms with E-state index < -0.39 is 0 Å². The van der Waals surface area contributed by atoms with E-state index in [0.29, 0.717) is 5.92 Å². The van der Waals surface area contributed by atoms with Gasteiger partial charge in [-0.1, -0.05) is 0 Å². The Kier molecular flexibility index (Phi) is 2.59. The molecule has 0 aliphatic carbocycles. The highest BCUT2D eigenvalue weighted by Gasteiger charge is 2.20. The predicted molar refractivity (Wildman–Crippen MR) is 48.9 cm³/mol. The summed E-state index contributed by atoms with van der Waals surface area (Å²) in [6.07, 6.45) is 0. The third-order valence-corrected chi connectivity index (χ3v) is 2.13. The molecule has 0 spiro atoms. The second kappa shape index (κ2) is 3.33. The number of aryl methyl sites for hydroxylation is 1. The topological polar surface area (TPSA) is 49.8 Å². The van der Waals surface area contributed by atoms with Crippen LogP contribution >= 0.6 is 12.4 Å². The van der Waals surface area contributed by atoms with Gasteiger partial charge in [0.05, 0.1) is 0 Å². The smallest absolute Gasteiger partial charge is 0.266 e. The highest BCUT2D eigenvalue weighted by atomic mass is 35.5. The molecule has 12 heavy (non-hydrogen) atoms. The van der Waals surface area contributed by atoms with Gasteiger partial charge in [-0.3, -0.25) is 14.6 Å². The molecule has 2 heterocycles. The molecule has 0 radical (unpaired) electrons. The third-order valence-electron chi connectivity index (χ3n) is 2.13. The van der Waals surface area contributed by atoms with Gasteiger partial charge in [-0.15, -0.1) is 12.4 Å². The molecule has 1 aromatic heterocycles. The average molecular weight is 190 g/mol. The molecule has 2 rings (SSSR count). The first-order chi connectivity index (χ1) is 5.27. The van der Waals surface area contributed by atoms with Crippen molar-refractivity contribution in [2.24, 2.45) is 7.05 Å². The normalized spacial score (nSPS) is 16.8. The minimum Gasteiger partial charge on any atom is -0.315 e. The fourth-order valence-corrected chi connectivity index (χ4v) is 1.23. The molecule has 1 fully saturated rings. The molecular weight excluding hydrogens is 178 g/mol. The van der Waals surface area contributed by atoms with Gasteiger partial charge < -0.3 is 5.32 Å². The van der Waals surface area contributed by atoms with E-state index in [1.54, 1.807) is 13.1 Å². The van der Waals surface area contributed by atoms with Crippen LogP contribution in [0.1, 0.15) is 11.6 Å². The van der Waals surface area contributed by atoms with Crippen LogP contribution in [0.4, 0.5) is 0 Å². The van der Waals surface area contributed by atoms with Crippen molar-refractivity contribution in [3.8, 4) is 0 Å². The van der Waals surface area contributed by atoms with Crippen LogP contribution in [0, 0.1) is 0 Å². The van der Waals surface area contributed by atoms with Crippen molar-refractivity contribution in [2.75, 3.05) is 13.1 Å². The van der Waals surface area contributed by atoms with Crippen LogP contribution in [-0.2, 0) is 7.05 Å². The SMILES string of the molecule is Cl.Cn1[nH]c(C2CNC2)cc1=O. The van der Waals surface area contributed by atoms with Crippen LogP contribution in [0.25, 0.3) is 0 Å². The van der Waals surface area contributed by atoms with Gasteiger partial charge in [0.15, 0.2) is 0 Å². The van der Waals surface area contributed by atoms with Gasteiger partial charge in [-0.2, -0.15) is 0 Å². The van der Waals surface area contributed by atoms with E-state index in [2.05, 4.69) is 10.4 Å². The maximum Gasteiger partial charge on any atom is 0.266 e. The number of hydrogen-bond donors (Lipinski definition) is 2. The van der Waals surface area contributed by atoms with Crippen molar-refractivity contribution < 1.29 is 0 Å². The Hall–Kier alpha value is -0.740. The lowest BCUT2D eigenvalue weighted by molar-refractivity contribution is 0.436. The van der Waals surface area contributed by atoms with Crippen molar-refractivity contribution in [1.29, 1.82) is 0 Å². The van der Waals surface area contributed by atoms with Crippen LogP contribution in [0.15, 0.2) is 10.9 Å². The third kappa shape index (κ3) is 1.40. The summed E-state index contributed by atoms with van der Waals surface area (Å²) in [6.45, 7) is 1.97. The number of hydrogen-bond acceptors (Lipinski definition) is 2. The van der Waals surface area contributed by atoms with E-state index in [1.807, 2.05) is 0 Å². The van der Waals surface area contributed by atoms with Crippen LogP contribution < -0.4 is 10.9 Å². The predicted octanol–water partition coefficient (Wildman–Crippen LogP) is -0.178. The number of H-pyrrole nitrogens is 1. The first-order valence-electron chi connectivity index (χ1n) is 3.74. The minimum atomic E-state index is 0. The molecule has 1 saturated heterocycles. The number of halogens is 1. The van der Waals surface area contributed by atoms with E-state index in [1.165, 1.54) is 4.68 Å². The van der Waals surface area contributed by atoms with Crippen molar-refractivity contribution in [3.05, 3.63) is 22.1 Å². The Bertz CT molecular complexity index is 313. The van der Waals surface area contributed by atoms with Crippen LogP contribution in [0.5, 0.6) is 0 Å². The summed E-state index contributed by atoms with van der Waals surface area (Å²) in [4.78, 5) is 11.0. The molecule has 0 amide bonds. The lowest BCUT2D eigenvalue weighted by Gasteiger charge is -2.25. The minimum absolute atomic E-state index is 0. The van der Waals surface area contributed by atoms with E-state index in [-0.39, 0.29) is 18.0 Å². The fraction of sp³-hybridized carbons (Fsp3) is 0.571. The Morgan fingerprint density at radius 3 is 2.58 bits per heavy atom. The molecule has 0 unspecified atom stereocenters. The Morgan fingerprint density at radius 2 is 2.25 bits per heavy atom. The Balaban J connectivity index is 0.000000720. The van der Waals surface area contributed by atoms with Crippen LogP contribution in [-0.4, -0.2) is 22.9 Å². The highest BCUT2D eigenvalue weighted by molar-refractivity contribution is 5.85. The van der Waals surface area contributed by atoms with E-state index in [4.69, 9.17) is 0 Å². The molecule has 1 aliphatic heterocycles. The molecule has 0 aromatic carbocycles. The molecule has 5 heteroatoms. The molecule has 1 aliphatic rings. The lowest BCUT2D eigenvalue weighted by Crippen LogP contribution is -2.40. The van der Waals surface area contributed by atoms with Gasteiger partial charge >= 0.3 is 0 Å². The summed E-state index contributed by atoms with van der Waals surface area (Å²) in [5.41, 5.74) is 1.10. The summed E-state index contributed by atoms with van der Waals surface area (Å²) >= 11 is 0. The van der Waals surface area contributed by atoms with Crippen molar-refractivity contribution in [1.82, 2.24) is 15.1 Å². The summed E-state index contributed by atoms with van der Waals surface area (Å²) in [7, 11) is 1.73. The van der Waals surface area contributed by atoms with Crippen molar-refractivity contribution in [3.63, 3.8) is 0 Å². The first-order valence-corrected chi connectivity index (χ1v) is 3.74. The second-order valence-corrected chi connectivity index (χ2v) is 2.96. The molecule has 0 bridgehead atoms. The van der Waals surface area contributed by atoms with Gasteiger partial charge in [-0.05, 0) is 0 Å². The average Bonchev–Trinajstić information content (AvgIpc) is 2.08. The zero-order chi connectivity index (χ0) is 7.84. The summed E-state index contributed by atoms with van der Waals surface area (Å²) in [5.74, 6) is 0.517. The highest BCUT2D eigenvalue weighted by Crippen LogP contribution is 2.14. The number of nitrogens with one attached hydrogen (secondary N) is 2. The summed E-state index contributed by atoms with van der Waals surface area (Å²) in [6, 6.07) is 1.67. The number of nitrogens with zero attached hydrogens (tertiary/aromatic N) is 1. The summed E-state index contributed by atoms with van der Waals surface area (Å²) < 4.78 is 1.51. The Morgan fingerprint density at radius 1 is 1.58 bits per heavy atom. The van der Waals surface area contributed by atoms with Gasteiger partial charge in [0.1, 0.15) is 0 Å². The number of rotatable bonds is 1. The standard InChI is InChI=1S/C7H11N3O.ClH/c1-10-7(11)2-6(9-10)5-3-8-4-5;/h2,5,8-9H,3-4H2,1H3;1H. The molecule has 4 nitrogen and oxygen atoms in total. The van der Waals surface area contributed by atoms with E-state index in [0.717, 1.165) is 18.8 Å². The quantitative estimate of drug-likeness (QED) is 0.644. The lowest BCUT2D eigenvalue weighted by atomic mass is 10.00. The van der Waals surface area contributed by atoms with Crippen molar-refractivity contribution >= 4 is 12.4 Å². The molecule has 0 atom stereocenters. The second-order valence-electron chi connectivity index (χ2n) is 2.96. The van der Waals surface area contributed by atoms with Gasteiger partial charge in [0.25, 0.3) is 5.56 Å². The van der Waals surface area contributed by atoms with Crippen molar-refractivity contribution in [2.45, 2.75) is 5.92 Å². The Labute approximate surface area is 76.4 Å².